The van der Waals surface area contributed by atoms with Crippen LogP contribution in [0.2, 0.25) is 5.02 Å². The Morgan fingerprint density at radius 3 is 2.75 bits per heavy atom. The van der Waals surface area contributed by atoms with Crippen LogP contribution in [-0.2, 0) is 22.5 Å². The zero-order chi connectivity index (χ0) is 13.5. The van der Waals surface area contributed by atoms with Gasteiger partial charge in [0.05, 0.1) is 6.42 Å². The number of hydroxylamine groups is 1. The van der Waals surface area contributed by atoms with E-state index in [0.29, 0.717) is 11.6 Å². The Bertz CT molecular complexity index is 532. The van der Waals surface area contributed by atoms with Gasteiger partial charge in [0.25, 0.3) is 0 Å². The molecule has 0 bridgehead atoms. The fourth-order valence-electron chi connectivity index (χ4n) is 1.59. The van der Waals surface area contributed by atoms with Crippen molar-refractivity contribution in [2.45, 2.75) is 12.8 Å². The van der Waals surface area contributed by atoms with Crippen LogP contribution in [0.15, 0.2) is 41.8 Å². The lowest BCUT2D eigenvalue weighted by Gasteiger charge is -2.06. The van der Waals surface area contributed by atoms with E-state index in [1.807, 2.05) is 29.6 Å². The van der Waals surface area contributed by atoms with Crippen molar-refractivity contribution >= 4 is 41.3 Å². The SMILES string of the molecule is Cl.O=C(Cc1ccccc1Cl)ONCCc1cccs1. The van der Waals surface area contributed by atoms with Gasteiger partial charge >= 0.3 is 5.97 Å². The van der Waals surface area contributed by atoms with Gasteiger partial charge in [-0.15, -0.1) is 23.7 Å². The lowest BCUT2D eigenvalue weighted by molar-refractivity contribution is -0.150. The quantitative estimate of drug-likeness (QED) is 0.648. The molecular formula is C14H15Cl2NO2S. The summed E-state index contributed by atoms with van der Waals surface area (Å²) in [6.07, 6.45) is 1.02. The van der Waals surface area contributed by atoms with E-state index in [0.717, 1.165) is 12.0 Å². The lowest BCUT2D eigenvalue weighted by Crippen LogP contribution is -2.23. The van der Waals surface area contributed by atoms with Crippen molar-refractivity contribution in [1.29, 1.82) is 0 Å². The van der Waals surface area contributed by atoms with Crippen LogP contribution in [-0.4, -0.2) is 12.5 Å². The summed E-state index contributed by atoms with van der Waals surface area (Å²) in [4.78, 5) is 17.8. The maximum atomic E-state index is 11.6. The average molecular weight is 332 g/mol. The van der Waals surface area contributed by atoms with Gasteiger partial charge in [-0.05, 0) is 29.5 Å². The molecule has 0 amide bonds. The smallest absolute Gasteiger partial charge is 0.329 e. The molecule has 3 nitrogen and oxygen atoms in total. The van der Waals surface area contributed by atoms with Crippen molar-refractivity contribution < 1.29 is 9.63 Å². The van der Waals surface area contributed by atoms with Crippen LogP contribution in [0.25, 0.3) is 0 Å². The Balaban J connectivity index is 0.00000200. The fraction of sp³-hybridized carbons (Fsp3) is 0.214. The number of thiophene rings is 1. The molecular weight excluding hydrogens is 317 g/mol. The van der Waals surface area contributed by atoms with E-state index in [1.165, 1.54) is 4.88 Å². The van der Waals surface area contributed by atoms with Gasteiger partial charge in [0.2, 0.25) is 0 Å². The van der Waals surface area contributed by atoms with Crippen molar-refractivity contribution in [3.05, 3.63) is 57.2 Å². The standard InChI is InChI=1S/C14H14ClNO2S.ClH/c15-13-6-2-1-4-11(13)10-14(17)18-16-8-7-12-5-3-9-19-12;/h1-6,9,16H,7-8,10H2;1H. The third kappa shape index (κ3) is 5.51. The summed E-state index contributed by atoms with van der Waals surface area (Å²) in [5.74, 6) is -0.334. The maximum Gasteiger partial charge on any atom is 0.329 e. The number of halogens is 2. The van der Waals surface area contributed by atoms with Crippen LogP contribution < -0.4 is 5.48 Å². The molecule has 0 spiro atoms. The molecule has 0 atom stereocenters. The molecule has 6 heteroatoms. The summed E-state index contributed by atoms with van der Waals surface area (Å²) < 4.78 is 0. The summed E-state index contributed by atoms with van der Waals surface area (Å²) >= 11 is 7.66. The molecule has 0 unspecified atom stereocenters. The van der Waals surface area contributed by atoms with E-state index in [9.17, 15) is 4.79 Å². The van der Waals surface area contributed by atoms with Gasteiger partial charge in [0.1, 0.15) is 0 Å². The molecule has 1 N–H and O–H groups in total. The fourth-order valence-corrected chi connectivity index (χ4v) is 2.51. The van der Waals surface area contributed by atoms with E-state index in [4.69, 9.17) is 16.4 Å². The monoisotopic (exact) mass is 331 g/mol. The summed E-state index contributed by atoms with van der Waals surface area (Å²) in [5, 5.41) is 2.61. The first-order valence-corrected chi connectivity index (χ1v) is 7.20. The van der Waals surface area contributed by atoms with Gasteiger partial charge in [-0.3, -0.25) is 4.79 Å². The molecule has 1 heterocycles. The minimum atomic E-state index is -0.334. The number of hydrogen-bond acceptors (Lipinski definition) is 4. The normalized spacial score (nSPS) is 9.85. The molecule has 0 aliphatic heterocycles. The minimum absolute atomic E-state index is 0. The van der Waals surface area contributed by atoms with Crippen LogP contribution in [0.3, 0.4) is 0 Å². The van der Waals surface area contributed by atoms with Gasteiger partial charge in [0, 0.05) is 16.4 Å². The van der Waals surface area contributed by atoms with Gasteiger partial charge in [-0.1, -0.05) is 35.9 Å². The van der Waals surface area contributed by atoms with Crippen molar-refractivity contribution in [1.82, 2.24) is 5.48 Å². The van der Waals surface area contributed by atoms with Crippen LogP contribution >= 0.6 is 35.3 Å². The van der Waals surface area contributed by atoms with Crippen molar-refractivity contribution in [3.63, 3.8) is 0 Å². The zero-order valence-electron chi connectivity index (χ0n) is 10.7. The van der Waals surface area contributed by atoms with E-state index in [2.05, 4.69) is 11.5 Å². The Kier molecular flexibility index (Phi) is 7.62. The molecule has 0 aliphatic rings. The van der Waals surface area contributed by atoms with Gasteiger partial charge in [-0.2, -0.15) is 5.48 Å². The lowest BCUT2D eigenvalue weighted by atomic mass is 10.1. The Morgan fingerprint density at radius 1 is 1.25 bits per heavy atom. The maximum absolute atomic E-state index is 11.6. The molecule has 1 aromatic heterocycles. The predicted molar refractivity (Wildman–Crippen MR) is 84.5 cm³/mol. The molecule has 1 aromatic carbocycles. The number of hydrogen-bond donors (Lipinski definition) is 1. The predicted octanol–water partition coefficient (Wildman–Crippen LogP) is 3.66. The van der Waals surface area contributed by atoms with Gasteiger partial charge in [0.15, 0.2) is 0 Å². The highest BCUT2D eigenvalue weighted by Gasteiger charge is 2.07. The second-order valence-electron chi connectivity index (χ2n) is 3.97. The Labute approximate surface area is 133 Å². The number of carbonyl (C=O) groups is 1. The van der Waals surface area contributed by atoms with E-state index >= 15 is 0 Å². The molecule has 20 heavy (non-hydrogen) atoms. The number of carbonyl (C=O) groups excluding carboxylic acids is 1. The molecule has 0 saturated carbocycles. The van der Waals surface area contributed by atoms with Crippen LogP contribution in [0, 0.1) is 0 Å². The van der Waals surface area contributed by atoms with E-state index in [-0.39, 0.29) is 24.8 Å². The molecule has 108 valence electrons. The molecule has 2 aromatic rings. The Hall–Kier alpha value is -1.07. The second-order valence-corrected chi connectivity index (χ2v) is 5.41. The number of nitrogens with one attached hydrogen (secondary N) is 1. The first-order chi connectivity index (χ1) is 9.25. The van der Waals surface area contributed by atoms with Gasteiger partial charge < -0.3 is 4.84 Å². The third-order valence-electron chi connectivity index (χ3n) is 2.53. The molecule has 0 saturated heterocycles. The summed E-state index contributed by atoms with van der Waals surface area (Å²) in [6.45, 7) is 0.606. The molecule has 0 aliphatic carbocycles. The van der Waals surface area contributed by atoms with Crippen LogP contribution in [0.4, 0.5) is 0 Å². The third-order valence-corrected chi connectivity index (χ3v) is 3.84. The number of benzene rings is 1. The highest BCUT2D eigenvalue weighted by Crippen LogP contribution is 2.15. The van der Waals surface area contributed by atoms with E-state index in [1.54, 1.807) is 17.4 Å². The second kappa shape index (κ2) is 8.97. The number of rotatable bonds is 6. The molecule has 2 rings (SSSR count). The molecule has 0 fully saturated rings. The highest BCUT2D eigenvalue weighted by molar-refractivity contribution is 7.09. The first kappa shape index (κ1) is 17.0. The van der Waals surface area contributed by atoms with Crippen LogP contribution in [0.5, 0.6) is 0 Å². The summed E-state index contributed by atoms with van der Waals surface area (Å²) in [7, 11) is 0. The summed E-state index contributed by atoms with van der Waals surface area (Å²) in [5.41, 5.74) is 3.45. The van der Waals surface area contributed by atoms with Crippen molar-refractivity contribution in [3.8, 4) is 0 Å². The van der Waals surface area contributed by atoms with Crippen molar-refractivity contribution in [2.75, 3.05) is 6.54 Å². The highest BCUT2D eigenvalue weighted by atomic mass is 35.5. The van der Waals surface area contributed by atoms with Crippen molar-refractivity contribution in [2.24, 2.45) is 0 Å². The largest absolute Gasteiger partial charge is 0.370 e. The Morgan fingerprint density at radius 2 is 2.05 bits per heavy atom. The minimum Gasteiger partial charge on any atom is -0.370 e. The van der Waals surface area contributed by atoms with E-state index < -0.39 is 0 Å². The molecule has 0 radical (unpaired) electrons. The van der Waals surface area contributed by atoms with Crippen LogP contribution in [0.1, 0.15) is 10.4 Å². The van der Waals surface area contributed by atoms with Gasteiger partial charge in [-0.25, -0.2) is 0 Å². The first-order valence-electron chi connectivity index (χ1n) is 5.94. The average Bonchev–Trinajstić information content (AvgIpc) is 2.91. The topological polar surface area (TPSA) is 38.3 Å². The zero-order valence-corrected chi connectivity index (χ0v) is 13.1. The summed E-state index contributed by atoms with van der Waals surface area (Å²) in [6, 6.07) is 11.3.